The molecule has 0 atom stereocenters. The molecule has 0 unspecified atom stereocenters. The number of hydrogen-bond acceptors (Lipinski definition) is 3. The lowest BCUT2D eigenvalue weighted by Gasteiger charge is -2.20. The van der Waals surface area contributed by atoms with Gasteiger partial charge in [0.2, 0.25) is 0 Å². The van der Waals surface area contributed by atoms with E-state index in [1.807, 2.05) is 18.2 Å². The molecule has 0 bridgehead atoms. The molecule has 0 aromatic heterocycles. The third kappa shape index (κ3) is 3.65. The summed E-state index contributed by atoms with van der Waals surface area (Å²) in [5, 5.41) is 21.9. The number of anilines is 1. The predicted molar refractivity (Wildman–Crippen MR) is 92.3 cm³/mol. The highest BCUT2D eigenvalue weighted by atomic mass is 16.3. The number of nitrogens with one attached hydrogen (secondary N) is 1. The highest BCUT2D eigenvalue weighted by Crippen LogP contribution is 2.33. The Labute approximate surface area is 136 Å². The number of aromatic hydroxyl groups is 2. The van der Waals surface area contributed by atoms with Crippen LogP contribution in [0.3, 0.4) is 0 Å². The largest absolute Gasteiger partial charge is 0.504 e. The fraction of sp³-hybridized carbons (Fsp3) is 0.316. The fourth-order valence-corrected chi connectivity index (χ4v) is 2.55. The second-order valence-corrected chi connectivity index (χ2v) is 6.28. The van der Waals surface area contributed by atoms with E-state index in [-0.39, 0.29) is 29.2 Å². The molecule has 2 rings (SSSR count). The van der Waals surface area contributed by atoms with Gasteiger partial charge in [0.15, 0.2) is 11.5 Å². The lowest BCUT2D eigenvalue weighted by Crippen LogP contribution is -2.15. The minimum atomic E-state index is -0.310. The minimum Gasteiger partial charge on any atom is -0.504 e. The van der Waals surface area contributed by atoms with Gasteiger partial charge in [-0.05, 0) is 41.2 Å². The van der Waals surface area contributed by atoms with Crippen LogP contribution < -0.4 is 5.32 Å². The van der Waals surface area contributed by atoms with Crippen LogP contribution in [0.2, 0.25) is 0 Å². The van der Waals surface area contributed by atoms with Crippen molar-refractivity contribution in [1.29, 1.82) is 0 Å². The lowest BCUT2D eigenvalue weighted by molar-refractivity contribution is 0.102. The Morgan fingerprint density at radius 1 is 0.913 bits per heavy atom. The number of para-hydroxylation sites is 1. The number of hydrogen-bond donors (Lipinski definition) is 3. The summed E-state index contributed by atoms with van der Waals surface area (Å²) in [6.07, 6.45) is 0. The van der Waals surface area contributed by atoms with Crippen molar-refractivity contribution < 1.29 is 15.0 Å². The summed E-state index contributed by atoms with van der Waals surface area (Å²) in [6.45, 7) is 8.34. The van der Waals surface area contributed by atoms with E-state index in [9.17, 15) is 15.0 Å². The van der Waals surface area contributed by atoms with E-state index in [2.05, 4.69) is 33.0 Å². The summed E-state index contributed by atoms with van der Waals surface area (Å²) in [5.74, 6) is -0.310. The summed E-state index contributed by atoms with van der Waals surface area (Å²) >= 11 is 0. The van der Waals surface area contributed by atoms with E-state index >= 15 is 0 Å². The van der Waals surface area contributed by atoms with Crippen molar-refractivity contribution in [2.24, 2.45) is 0 Å². The molecule has 0 saturated carbocycles. The molecular weight excluding hydrogens is 290 g/mol. The van der Waals surface area contributed by atoms with Crippen molar-refractivity contribution in [3.63, 3.8) is 0 Å². The van der Waals surface area contributed by atoms with E-state index < -0.39 is 0 Å². The smallest absolute Gasteiger partial charge is 0.255 e. The SMILES string of the molecule is CC(C)c1cccc(C(C)C)c1NC(=O)c1ccc(O)c(O)c1. The minimum absolute atomic E-state index is 0.244. The predicted octanol–water partition coefficient (Wildman–Crippen LogP) is 4.60. The molecule has 0 aliphatic rings. The van der Waals surface area contributed by atoms with Crippen LogP contribution >= 0.6 is 0 Å². The van der Waals surface area contributed by atoms with Crippen LogP contribution in [0.1, 0.15) is 61.0 Å². The molecule has 0 aliphatic carbocycles. The van der Waals surface area contributed by atoms with E-state index in [0.29, 0.717) is 5.56 Å². The third-order valence-electron chi connectivity index (χ3n) is 3.85. The van der Waals surface area contributed by atoms with E-state index in [0.717, 1.165) is 16.8 Å². The molecule has 122 valence electrons. The highest BCUT2D eigenvalue weighted by molar-refractivity contribution is 6.05. The standard InChI is InChI=1S/C19H23NO3/c1-11(2)14-6-5-7-15(12(3)4)18(14)20-19(23)13-8-9-16(21)17(22)10-13/h5-12,21-22H,1-4H3,(H,20,23). The molecule has 0 radical (unpaired) electrons. The maximum absolute atomic E-state index is 12.5. The third-order valence-corrected chi connectivity index (χ3v) is 3.85. The number of phenols is 2. The average Bonchev–Trinajstić information content (AvgIpc) is 2.49. The van der Waals surface area contributed by atoms with Crippen LogP contribution in [0.4, 0.5) is 5.69 Å². The molecule has 3 N–H and O–H groups in total. The van der Waals surface area contributed by atoms with Gasteiger partial charge in [-0.15, -0.1) is 0 Å². The molecule has 0 spiro atoms. The zero-order chi connectivity index (χ0) is 17.1. The molecule has 4 nitrogen and oxygen atoms in total. The van der Waals surface area contributed by atoms with Crippen LogP contribution in [-0.4, -0.2) is 16.1 Å². The normalized spacial score (nSPS) is 11.0. The number of carbonyl (C=O) groups is 1. The molecule has 23 heavy (non-hydrogen) atoms. The summed E-state index contributed by atoms with van der Waals surface area (Å²) in [4.78, 5) is 12.5. The van der Waals surface area contributed by atoms with E-state index in [4.69, 9.17) is 0 Å². The quantitative estimate of drug-likeness (QED) is 0.723. The molecule has 4 heteroatoms. The van der Waals surface area contributed by atoms with Crippen LogP contribution in [0.25, 0.3) is 0 Å². The first kappa shape index (κ1) is 16.9. The first-order chi connectivity index (χ1) is 10.8. The topological polar surface area (TPSA) is 69.6 Å². The first-order valence-corrected chi connectivity index (χ1v) is 7.77. The monoisotopic (exact) mass is 313 g/mol. The van der Waals surface area contributed by atoms with Gasteiger partial charge in [0.05, 0.1) is 0 Å². The van der Waals surface area contributed by atoms with Gasteiger partial charge in [-0.2, -0.15) is 0 Å². The summed E-state index contributed by atoms with van der Waals surface area (Å²) in [6, 6.07) is 10.1. The maximum Gasteiger partial charge on any atom is 0.255 e. The van der Waals surface area contributed by atoms with Crippen molar-refractivity contribution in [2.75, 3.05) is 5.32 Å². The number of rotatable bonds is 4. The van der Waals surface area contributed by atoms with Crippen molar-refractivity contribution in [3.05, 3.63) is 53.1 Å². The van der Waals surface area contributed by atoms with E-state index in [1.54, 1.807) is 0 Å². The summed E-state index contributed by atoms with van der Waals surface area (Å²) < 4.78 is 0. The molecule has 1 amide bonds. The molecule has 2 aromatic carbocycles. The zero-order valence-electron chi connectivity index (χ0n) is 13.9. The number of carbonyl (C=O) groups excluding carboxylic acids is 1. The Balaban J connectivity index is 2.41. The molecule has 0 heterocycles. The maximum atomic E-state index is 12.5. The number of benzene rings is 2. The van der Waals surface area contributed by atoms with Gasteiger partial charge < -0.3 is 15.5 Å². The molecule has 0 aliphatic heterocycles. The highest BCUT2D eigenvalue weighted by Gasteiger charge is 2.17. The van der Waals surface area contributed by atoms with Crippen molar-refractivity contribution in [3.8, 4) is 11.5 Å². The zero-order valence-corrected chi connectivity index (χ0v) is 13.9. The Bertz CT molecular complexity index is 694. The fourth-order valence-electron chi connectivity index (χ4n) is 2.55. The van der Waals surface area contributed by atoms with Gasteiger partial charge in [0.25, 0.3) is 5.91 Å². The Morgan fingerprint density at radius 3 is 1.96 bits per heavy atom. The summed E-state index contributed by atoms with van der Waals surface area (Å²) in [7, 11) is 0. The van der Waals surface area contributed by atoms with Gasteiger partial charge in [0, 0.05) is 11.3 Å². The van der Waals surface area contributed by atoms with Crippen LogP contribution in [0, 0.1) is 0 Å². The van der Waals surface area contributed by atoms with Crippen LogP contribution in [0.15, 0.2) is 36.4 Å². The van der Waals surface area contributed by atoms with Gasteiger partial charge in [-0.25, -0.2) is 0 Å². The lowest BCUT2D eigenvalue weighted by atomic mass is 9.92. The van der Waals surface area contributed by atoms with E-state index in [1.165, 1.54) is 18.2 Å². The molecule has 0 saturated heterocycles. The first-order valence-electron chi connectivity index (χ1n) is 7.77. The van der Waals surface area contributed by atoms with Crippen LogP contribution in [-0.2, 0) is 0 Å². The van der Waals surface area contributed by atoms with Gasteiger partial charge in [-0.3, -0.25) is 4.79 Å². The summed E-state index contributed by atoms with van der Waals surface area (Å²) in [5.41, 5.74) is 3.28. The van der Waals surface area contributed by atoms with Crippen molar-refractivity contribution >= 4 is 11.6 Å². The molecular formula is C19H23NO3. The second kappa shape index (κ2) is 6.73. The molecule has 2 aromatic rings. The van der Waals surface area contributed by atoms with Gasteiger partial charge in [0.1, 0.15) is 0 Å². The second-order valence-electron chi connectivity index (χ2n) is 6.28. The van der Waals surface area contributed by atoms with Gasteiger partial charge in [-0.1, -0.05) is 45.9 Å². The number of amides is 1. The Kier molecular flexibility index (Phi) is 4.94. The van der Waals surface area contributed by atoms with Crippen LogP contribution in [0.5, 0.6) is 11.5 Å². The number of phenolic OH excluding ortho intramolecular Hbond substituents is 2. The average molecular weight is 313 g/mol. The molecule has 0 fully saturated rings. The van der Waals surface area contributed by atoms with Gasteiger partial charge >= 0.3 is 0 Å². The Morgan fingerprint density at radius 2 is 1.48 bits per heavy atom. The van der Waals surface area contributed by atoms with Crippen molar-refractivity contribution in [2.45, 2.75) is 39.5 Å². The Hall–Kier alpha value is -2.49. The van der Waals surface area contributed by atoms with Crippen molar-refractivity contribution in [1.82, 2.24) is 0 Å².